The molecule has 4 aromatic rings. The van der Waals surface area contributed by atoms with Crippen LogP contribution in [-0.4, -0.2) is 19.3 Å². The van der Waals surface area contributed by atoms with Crippen LogP contribution in [0, 0.1) is 0 Å². The number of sulfonamides is 1. The summed E-state index contributed by atoms with van der Waals surface area (Å²) in [5.74, 6) is 0.153. The highest BCUT2D eigenvalue weighted by Crippen LogP contribution is 2.24. The Morgan fingerprint density at radius 2 is 1.86 bits per heavy atom. The van der Waals surface area contributed by atoms with Crippen molar-refractivity contribution < 1.29 is 17.6 Å². The lowest BCUT2D eigenvalue weighted by molar-refractivity contribution is 0.102. The molecule has 0 unspecified atom stereocenters. The van der Waals surface area contributed by atoms with Gasteiger partial charge in [-0.1, -0.05) is 23.7 Å². The molecule has 0 aliphatic rings. The molecule has 7 nitrogen and oxygen atoms in total. The van der Waals surface area contributed by atoms with Crippen molar-refractivity contribution in [2.24, 2.45) is 0 Å². The highest BCUT2D eigenvalue weighted by molar-refractivity contribution is 7.89. The molecule has 0 saturated carbocycles. The quantitative estimate of drug-likeness (QED) is 0.428. The summed E-state index contributed by atoms with van der Waals surface area (Å²) in [4.78, 5) is 15.6. The van der Waals surface area contributed by atoms with E-state index in [-0.39, 0.29) is 17.3 Å². The monoisotopic (exact) mass is 429 g/mol. The van der Waals surface area contributed by atoms with Crippen LogP contribution in [0.15, 0.2) is 76.2 Å². The van der Waals surface area contributed by atoms with Crippen molar-refractivity contribution in [3.05, 3.63) is 83.4 Å². The first kappa shape index (κ1) is 19.3. The smallest absolute Gasteiger partial charge is 0.272 e. The zero-order valence-corrected chi connectivity index (χ0v) is 16.5. The lowest BCUT2D eigenvalue weighted by atomic mass is 10.2. The van der Waals surface area contributed by atoms with E-state index in [2.05, 4.69) is 15.0 Å². The van der Waals surface area contributed by atoms with E-state index in [4.69, 9.17) is 16.0 Å². The summed E-state index contributed by atoms with van der Waals surface area (Å²) in [6.45, 7) is 0.0523. The Morgan fingerprint density at radius 1 is 1.07 bits per heavy atom. The molecule has 4 rings (SSSR count). The molecule has 0 bridgehead atoms. The van der Waals surface area contributed by atoms with Crippen molar-refractivity contribution in [2.75, 3.05) is 5.32 Å². The number of furan rings is 1. The second-order valence-electron chi connectivity index (χ2n) is 6.27. The summed E-state index contributed by atoms with van der Waals surface area (Å²) in [7, 11) is -3.70. The summed E-state index contributed by atoms with van der Waals surface area (Å²) in [5, 5.41) is 4.08. The van der Waals surface area contributed by atoms with Crippen LogP contribution in [0.25, 0.3) is 10.9 Å². The number of anilines is 1. The Morgan fingerprint density at radius 3 is 2.55 bits per heavy atom. The molecule has 9 heteroatoms. The van der Waals surface area contributed by atoms with Gasteiger partial charge in [-0.25, -0.2) is 13.1 Å². The van der Waals surface area contributed by atoms with E-state index in [1.807, 2.05) is 6.07 Å². The average Bonchev–Trinajstić information content (AvgIpc) is 3.37. The Hall–Kier alpha value is -3.07. The van der Waals surface area contributed by atoms with Gasteiger partial charge in [0.15, 0.2) is 0 Å². The van der Waals surface area contributed by atoms with Crippen LogP contribution >= 0.6 is 11.6 Å². The van der Waals surface area contributed by atoms with Crippen molar-refractivity contribution in [2.45, 2.75) is 11.4 Å². The van der Waals surface area contributed by atoms with E-state index in [1.54, 1.807) is 30.3 Å². The van der Waals surface area contributed by atoms with E-state index >= 15 is 0 Å². The van der Waals surface area contributed by atoms with Crippen molar-refractivity contribution >= 4 is 44.1 Å². The molecule has 0 aliphatic carbocycles. The van der Waals surface area contributed by atoms with E-state index in [9.17, 15) is 13.2 Å². The van der Waals surface area contributed by atoms with Gasteiger partial charge in [-0.15, -0.1) is 0 Å². The first-order valence-corrected chi connectivity index (χ1v) is 10.5. The third kappa shape index (κ3) is 4.19. The van der Waals surface area contributed by atoms with Gasteiger partial charge >= 0.3 is 0 Å². The van der Waals surface area contributed by atoms with Gasteiger partial charge in [0.2, 0.25) is 10.0 Å². The Balaban J connectivity index is 1.45. The number of amides is 1. The third-order valence-corrected chi connectivity index (χ3v) is 6.02. The normalized spacial score (nSPS) is 11.6. The van der Waals surface area contributed by atoms with Gasteiger partial charge in [0, 0.05) is 11.1 Å². The number of fused-ring (bicyclic) bond motifs is 1. The van der Waals surface area contributed by atoms with Gasteiger partial charge in [-0.2, -0.15) is 0 Å². The van der Waals surface area contributed by atoms with E-state index in [1.165, 1.54) is 30.5 Å². The number of nitrogens with one attached hydrogen (secondary N) is 3. The largest absolute Gasteiger partial charge is 0.468 e. The molecule has 0 saturated heterocycles. The fourth-order valence-corrected chi connectivity index (χ4v) is 4.04. The number of aromatic amines is 1. The molecule has 29 heavy (non-hydrogen) atoms. The van der Waals surface area contributed by atoms with Crippen molar-refractivity contribution in [1.29, 1.82) is 0 Å². The molecular weight excluding hydrogens is 414 g/mol. The van der Waals surface area contributed by atoms with Gasteiger partial charge in [0.25, 0.3) is 5.91 Å². The number of carbonyl (C=O) groups excluding carboxylic acids is 1. The number of rotatable bonds is 6. The molecule has 0 fully saturated rings. The summed E-state index contributed by atoms with van der Waals surface area (Å²) in [6.07, 6.45) is 1.47. The zero-order chi connectivity index (χ0) is 20.4. The molecule has 2 aromatic carbocycles. The molecular formula is C20H16ClN3O4S. The number of hydrogen-bond donors (Lipinski definition) is 3. The second-order valence-corrected chi connectivity index (χ2v) is 8.44. The maximum Gasteiger partial charge on any atom is 0.272 e. The number of H-pyrrole nitrogens is 1. The minimum absolute atomic E-state index is 0.0523. The fraction of sp³-hybridized carbons (Fsp3) is 0.0500. The molecule has 0 radical (unpaired) electrons. The highest BCUT2D eigenvalue weighted by atomic mass is 35.5. The van der Waals surface area contributed by atoms with Gasteiger partial charge < -0.3 is 14.7 Å². The molecule has 3 N–H and O–H groups in total. The molecule has 0 atom stereocenters. The first-order chi connectivity index (χ1) is 13.9. The van der Waals surface area contributed by atoms with Crippen molar-refractivity contribution in [1.82, 2.24) is 9.71 Å². The Kier molecular flexibility index (Phi) is 5.14. The summed E-state index contributed by atoms with van der Waals surface area (Å²) in [6, 6.07) is 16.3. The number of hydrogen-bond acceptors (Lipinski definition) is 4. The maximum absolute atomic E-state index is 12.5. The molecule has 0 spiro atoms. The predicted molar refractivity (Wildman–Crippen MR) is 110 cm³/mol. The van der Waals surface area contributed by atoms with Crippen LogP contribution in [0.4, 0.5) is 5.69 Å². The van der Waals surface area contributed by atoms with Crippen LogP contribution in [0.1, 0.15) is 16.2 Å². The highest BCUT2D eigenvalue weighted by Gasteiger charge is 2.15. The van der Waals surface area contributed by atoms with E-state index < -0.39 is 10.0 Å². The maximum atomic E-state index is 12.5. The number of para-hydroxylation sites is 1. The number of halogens is 1. The molecule has 1 amide bonds. The summed E-state index contributed by atoms with van der Waals surface area (Å²) < 4.78 is 32.3. The lowest BCUT2D eigenvalue weighted by Gasteiger charge is -2.07. The second kappa shape index (κ2) is 7.75. The molecule has 0 aliphatic heterocycles. The van der Waals surface area contributed by atoms with Gasteiger partial charge in [0.05, 0.1) is 28.2 Å². The van der Waals surface area contributed by atoms with Crippen LogP contribution in [0.2, 0.25) is 5.02 Å². The van der Waals surface area contributed by atoms with E-state index in [0.29, 0.717) is 27.7 Å². The minimum Gasteiger partial charge on any atom is -0.468 e. The van der Waals surface area contributed by atoms with Gasteiger partial charge in [0.1, 0.15) is 11.5 Å². The third-order valence-electron chi connectivity index (χ3n) is 4.29. The van der Waals surface area contributed by atoms with Gasteiger partial charge in [-0.3, -0.25) is 4.79 Å². The first-order valence-electron chi connectivity index (χ1n) is 8.63. The van der Waals surface area contributed by atoms with Crippen molar-refractivity contribution in [3.8, 4) is 0 Å². The fourth-order valence-electron chi connectivity index (χ4n) is 2.82. The molecule has 2 heterocycles. The minimum atomic E-state index is -3.70. The average molecular weight is 430 g/mol. The van der Waals surface area contributed by atoms with Crippen molar-refractivity contribution in [3.63, 3.8) is 0 Å². The van der Waals surface area contributed by atoms with Crippen LogP contribution in [0.5, 0.6) is 0 Å². The van der Waals surface area contributed by atoms with Crippen LogP contribution in [-0.2, 0) is 16.6 Å². The predicted octanol–water partition coefficient (Wildman–Crippen LogP) is 4.15. The van der Waals surface area contributed by atoms with E-state index in [0.717, 1.165) is 5.39 Å². The van der Waals surface area contributed by atoms with Gasteiger partial charge in [-0.05, 0) is 48.5 Å². The number of carbonyl (C=O) groups is 1. The van der Waals surface area contributed by atoms with Crippen LogP contribution < -0.4 is 10.0 Å². The number of aromatic nitrogens is 1. The lowest BCUT2D eigenvalue weighted by Crippen LogP contribution is -2.23. The standard InChI is InChI=1S/C20H16ClN3O4S/c21-17-5-1-3-13-11-18(24-19(13)17)20(25)23-14-6-8-16(9-7-14)29(26,27)22-12-15-4-2-10-28-15/h1-11,22,24H,12H2,(H,23,25). The number of benzene rings is 2. The molecule has 2 aromatic heterocycles. The summed E-state index contributed by atoms with van der Waals surface area (Å²) >= 11 is 6.12. The Bertz CT molecular complexity index is 1260. The SMILES string of the molecule is O=C(Nc1ccc(S(=O)(=O)NCc2ccco2)cc1)c1cc2cccc(Cl)c2[nH]1. The summed E-state index contributed by atoms with van der Waals surface area (Å²) in [5.41, 5.74) is 1.50. The topological polar surface area (TPSA) is 104 Å². The zero-order valence-electron chi connectivity index (χ0n) is 15.0. The van der Waals surface area contributed by atoms with Crippen LogP contribution in [0.3, 0.4) is 0 Å². The molecule has 148 valence electrons. The Labute approximate surface area is 171 Å².